The predicted octanol–water partition coefficient (Wildman–Crippen LogP) is 1.01. The van der Waals surface area contributed by atoms with Gasteiger partial charge in [0.15, 0.2) is 0 Å². The van der Waals surface area contributed by atoms with Crippen molar-refractivity contribution in [2.75, 3.05) is 25.2 Å². The first kappa shape index (κ1) is 16.1. The summed E-state index contributed by atoms with van der Waals surface area (Å²) in [6, 6.07) is -1.19. The maximum Gasteiger partial charge on any atom is 0.326 e. The Hall–Kier alpha value is -0.950. The minimum Gasteiger partial charge on any atom is -0.480 e. The maximum absolute atomic E-state index is 12.1. The van der Waals surface area contributed by atoms with Gasteiger partial charge in [-0.1, -0.05) is 0 Å². The number of carboxylic acid groups (broad SMARTS) is 1. The summed E-state index contributed by atoms with van der Waals surface area (Å²) in [5.41, 5.74) is 0. The molecule has 1 heterocycles. The Morgan fingerprint density at radius 1 is 1.53 bits per heavy atom. The zero-order valence-corrected chi connectivity index (χ0v) is 12.4. The molecule has 110 valence electrons. The average Bonchev–Trinajstić information content (AvgIpc) is 2.36. The number of amides is 2. The Morgan fingerprint density at radius 2 is 2.21 bits per heavy atom. The van der Waals surface area contributed by atoms with E-state index in [2.05, 4.69) is 5.32 Å². The smallest absolute Gasteiger partial charge is 0.326 e. The summed E-state index contributed by atoms with van der Waals surface area (Å²) in [7, 11) is 0. The monoisotopic (exact) mass is 290 g/mol. The summed E-state index contributed by atoms with van der Waals surface area (Å²) in [5, 5.41) is 11.7. The molecule has 0 aromatic rings. The molecule has 0 saturated carbocycles. The van der Waals surface area contributed by atoms with Crippen LogP contribution in [0.15, 0.2) is 0 Å². The summed E-state index contributed by atoms with van der Waals surface area (Å²) in [5.74, 6) is -0.289. The van der Waals surface area contributed by atoms with E-state index in [-0.39, 0.29) is 18.2 Å². The SMILES string of the molecule is CSCC[C@H](NC(=O)N1CC(C)OCC1C)C(=O)O. The van der Waals surface area contributed by atoms with Crippen LogP contribution in [0.5, 0.6) is 0 Å². The molecule has 1 aliphatic heterocycles. The third kappa shape index (κ3) is 4.91. The van der Waals surface area contributed by atoms with Crippen LogP contribution in [0.3, 0.4) is 0 Å². The summed E-state index contributed by atoms with van der Waals surface area (Å²) in [6.45, 7) is 4.76. The molecular weight excluding hydrogens is 268 g/mol. The number of ether oxygens (including phenoxy) is 1. The molecule has 19 heavy (non-hydrogen) atoms. The van der Waals surface area contributed by atoms with Crippen molar-refractivity contribution in [1.29, 1.82) is 0 Å². The molecule has 0 aromatic carbocycles. The van der Waals surface area contributed by atoms with Gasteiger partial charge in [-0.15, -0.1) is 0 Å². The Bertz CT molecular complexity index is 327. The van der Waals surface area contributed by atoms with Crippen LogP contribution in [0.2, 0.25) is 0 Å². The minimum absolute atomic E-state index is 0.0172. The molecular formula is C12H22N2O4S. The number of carbonyl (C=O) groups excluding carboxylic acids is 1. The Labute approximate surface area is 117 Å². The van der Waals surface area contributed by atoms with Crippen LogP contribution in [-0.2, 0) is 9.53 Å². The molecule has 2 unspecified atom stereocenters. The molecule has 2 amide bonds. The van der Waals surface area contributed by atoms with E-state index in [0.29, 0.717) is 25.3 Å². The average molecular weight is 290 g/mol. The first-order valence-corrected chi connectivity index (χ1v) is 7.75. The Kier molecular flexibility index (Phi) is 6.44. The highest BCUT2D eigenvalue weighted by atomic mass is 32.2. The molecule has 7 heteroatoms. The van der Waals surface area contributed by atoms with Gasteiger partial charge in [0.2, 0.25) is 0 Å². The van der Waals surface area contributed by atoms with E-state index < -0.39 is 12.0 Å². The highest BCUT2D eigenvalue weighted by Crippen LogP contribution is 2.12. The number of morpholine rings is 1. The van der Waals surface area contributed by atoms with Crippen molar-refractivity contribution >= 4 is 23.8 Å². The van der Waals surface area contributed by atoms with Gasteiger partial charge in [-0.05, 0) is 32.3 Å². The maximum atomic E-state index is 12.1. The van der Waals surface area contributed by atoms with Crippen molar-refractivity contribution in [1.82, 2.24) is 10.2 Å². The number of aliphatic carboxylic acids is 1. The lowest BCUT2D eigenvalue weighted by molar-refractivity contribution is -0.139. The summed E-state index contributed by atoms with van der Waals surface area (Å²) >= 11 is 1.56. The van der Waals surface area contributed by atoms with Crippen LogP contribution < -0.4 is 5.32 Å². The molecule has 1 saturated heterocycles. The fourth-order valence-electron chi connectivity index (χ4n) is 1.91. The number of rotatable bonds is 5. The van der Waals surface area contributed by atoms with Crippen LogP contribution >= 0.6 is 11.8 Å². The summed E-state index contributed by atoms with van der Waals surface area (Å²) < 4.78 is 5.45. The van der Waals surface area contributed by atoms with Gasteiger partial charge in [0.25, 0.3) is 0 Å². The van der Waals surface area contributed by atoms with Crippen LogP contribution in [0.4, 0.5) is 4.79 Å². The normalized spacial score (nSPS) is 24.9. The largest absolute Gasteiger partial charge is 0.480 e. The molecule has 1 rings (SSSR count). The number of urea groups is 1. The van der Waals surface area contributed by atoms with Gasteiger partial charge in [0, 0.05) is 6.54 Å². The van der Waals surface area contributed by atoms with Gasteiger partial charge < -0.3 is 20.1 Å². The fraction of sp³-hybridized carbons (Fsp3) is 0.833. The lowest BCUT2D eigenvalue weighted by atomic mass is 10.2. The third-order valence-corrected chi connectivity index (χ3v) is 3.72. The van der Waals surface area contributed by atoms with E-state index in [1.54, 1.807) is 16.7 Å². The molecule has 3 atom stereocenters. The molecule has 0 bridgehead atoms. The van der Waals surface area contributed by atoms with E-state index in [0.717, 1.165) is 0 Å². The van der Waals surface area contributed by atoms with Crippen molar-refractivity contribution in [3.05, 3.63) is 0 Å². The number of carboxylic acids is 1. The number of carbonyl (C=O) groups is 2. The number of nitrogens with zero attached hydrogens (tertiary/aromatic N) is 1. The highest BCUT2D eigenvalue weighted by Gasteiger charge is 2.30. The summed E-state index contributed by atoms with van der Waals surface area (Å²) in [6.07, 6.45) is 2.32. The van der Waals surface area contributed by atoms with Crippen LogP contribution in [0.25, 0.3) is 0 Å². The highest BCUT2D eigenvalue weighted by molar-refractivity contribution is 7.98. The van der Waals surface area contributed by atoms with Gasteiger partial charge >= 0.3 is 12.0 Å². The number of hydrogen-bond acceptors (Lipinski definition) is 4. The second-order valence-electron chi connectivity index (χ2n) is 4.77. The first-order chi connectivity index (χ1) is 8.95. The van der Waals surface area contributed by atoms with E-state index >= 15 is 0 Å². The third-order valence-electron chi connectivity index (χ3n) is 3.08. The molecule has 0 aliphatic carbocycles. The molecule has 0 spiro atoms. The van der Waals surface area contributed by atoms with E-state index in [1.807, 2.05) is 20.1 Å². The predicted molar refractivity (Wildman–Crippen MR) is 74.5 cm³/mol. The minimum atomic E-state index is -0.989. The van der Waals surface area contributed by atoms with Gasteiger partial charge in [-0.3, -0.25) is 0 Å². The van der Waals surface area contributed by atoms with Gasteiger partial charge in [0.05, 0.1) is 18.8 Å². The zero-order chi connectivity index (χ0) is 14.4. The first-order valence-electron chi connectivity index (χ1n) is 6.36. The van der Waals surface area contributed by atoms with Crippen LogP contribution in [0.1, 0.15) is 20.3 Å². The Morgan fingerprint density at radius 3 is 2.79 bits per heavy atom. The molecule has 0 radical (unpaired) electrons. The topological polar surface area (TPSA) is 78.9 Å². The zero-order valence-electron chi connectivity index (χ0n) is 11.6. The molecule has 0 aromatic heterocycles. The standard InChI is InChI=1S/C12H22N2O4S/c1-8-7-18-9(2)6-14(8)12(17)13-10(11(15)16)4-5-19-3/h8-10H,4-7H2,1-3H3,(H,13,17)(H,15,16)/t8?,9?,10-/m0/s1. The van der Waals surface area contributed by atoms with E-state index in [9.17, 15) is 9.59 Å². The second-order valence-corrected chi connectivity index (χ2v) is 5.75. The van der Waals surface area contributed by atoms with E-state index in [4.69, 9.17) is 9.84 Å². The van der Waals surface area contributed by atoms with Gasteiger partial charge in [0.1, 0.15) is 6.04 Å². The molecule has 2 N–H and O–H groups in total. The van der Waals surface area contributed by atoms with Crippen molar-refractivity contribution in [3.8, 4) is 0 Å². The van der Waals surface area contributed by atoms with Crippen molar-refractivity contribution in [2.24, 2.45) is 0 Å². The Balaban J connectivity index is 2.57. The summed E-state index contributed by atoms with van der Waals surface area (Å²) in [4.78, 5) is 24.9. The number of hydrogen-bond donors (Lipinski definition) is 2. The van der Waals surface area contributed by atoms with Crippen molar-refractivity contribution < 1.29 is 19.4 Å². The second kappa shape index (κ2) is 7.59. The lowest BCUT2D eigenvalue weighted by Crippen LogP contribution is -2.56. The lowest BCUT2D eigenvalue weighted by Gasteiger charge is -2.37. The van der Waals surface area contributed by atoms with Crippen molar-refractivity contribution in [3.63, 3.8) is 0 Å². The molecule has 1 aliphatic rings. The quantitative estimate of drug-likeness (QED) is 0.790. The van der Waals surface area contributed by atoms with Gasteiger partial charge in [-0.2, -0.15) is 11.8 Å². The van der Waals surface area contributed by atoms with Crippen LogP contribution in [-0.4, -0.2) is 65.4 Å². The molecule has 1 fully saturated rings. The molecule has 6 nitrogen and oxygen atoms in total. The number of nitrogens with one attached hydrogen (secondary N) is 1. The van der Waals surface area contributed by atoms with Gasteiger partial charge in [-0.25, -0.2) is 9.59 Å². The van der Waals surface area contributed by atoms with Crippen LogP contribution in [0, 0.1) is 0 Å². The van der Waals surface area contributed by atoms with Crippen molar-refractivity contribution in [2.45, 2.75) is 38.5 Å². The fourth-order valence-corrected chi connectivity index (χ4v) is 2.38. The van der Waals surface area contributed by atoms with E-state index in [1.165, 1.54) is 0 Å². The number of thioether (sulfide) groups is 1.